The van der Waals surface area contributed by atoms with Crippen molar-refractivity contribution < 1.29 is 13.2 Å². The number of pyridine rings is 1. The van der Waals surface area contributed by atoms with Gasteiger partial charge in [0.15, 0.2) is 0 Å². The lowest BCUT2D eigenvalue weighted by Crippen LogP contribution is -2.07. The van der Waals surface area contributed by atoms with Crippen molar-refractivity contribution in [2.75, 3.05) is 6.54 Å². The summed E-state index contributed by atoms with van der Waals surface area (Å²) in [7, 11) is 0. The van der Waals surface area contributed by atoms with E-state index in [1.165, 1.54) is 12.2 Å². The molecule has 0 aliphatic heterocycles. The fraction of sp³-hybridized carbons (Fsp3) is 0.222. The van der Waals surface area contributed by atoms with Gasteiger partial charge in [-0.3, -0.25) is 4.98 Å². The second kappa shape index (κ2) is 5.18. The molecule has 0 bridgehead atoms. The zero-order valence-electron chi connectivity index (χ0n) is 8.02. The van der Waals surface area contributed by atoms with E-state index in [1.54, 1.807) is 0 Å². The number of rotatable bonds is 3. The first-order valence-electron chi connectivity index (χ1n) is 4.24. The van der Waals surface area contributed by atoms with Crippen molar-refractivity contribution in [1.29, 1.82) is 0 Å². The van der Waals surface area contributed by atoms with Crippen LogP contribution in [0.1, 0.15) is 11.1 Å². The molecule has 1 aromatic rings. The van der Waals surface area contributed by atoms with Crippen LogP contribution in [-0.4, -0.2) is 11.5 Å². The highest BCUT2D eigenvalue weighted by molar-refractivity contribution is 5.53. The van der Waals surface area contributed by atoms with Crippen LogP contribution in [0.2, 0.25) is 0 Å². The van der Waals surface area contributed by atoms with Crippen molar-refractivity contribution in [3.8, 4) is 0 Å². The molecule has 0 unspecified atom stereocenters. The number of aromatic nitrogens is 1. The highest BCUT2D eigenvalue weighted by Crippen LogP contribution is 2.31. The van der Waals surface area contributed by atoms with E-state index in [0.717, 1.165) is 18.5 Å². The minimum Gasteiger partial charge on any atom is -0.264 e. The smallest absolute Gasteiger partial charge is 0.264 e. The predicted molar refractivity (Wildman–Crippen MR) is 52.3 cm³/mol. The van der Waals surface area contributed by atoms with Gasteiger partial charge in [-0.15, -0.1) is 0 Å². The summed E-state index contributed by atoms with van der Waals surface area (Å²) < 4.78 is 37.4. The third-order valence-electron chi connectivity index (χ3n) is 1.71. The fourth-order valence-corrected chi connectivity index (χ4v) is 1.06. The third-order valence-corrected chi connectivity index (χ3v) is 1.71. The van der Waals surface area contributed by atoms with Gasteiger partial charge in [0.05, 0.1) is 5.56 Å². The largest absolute Gasteiger partial charge is 0.417 e. The van der Waals surface area contributed by atoms with Crippen LogP contribution in [0.25, 0.3) is 16.5 Å². The summed E-state index contributed by atoms with van der Waals surface area (Å²) in [6.07, 6.45) is 0.334. The van der Waals surface area contributed by atoms with E-state index in [2.05, 4.69) is 15.0 Å². The molecule has 16 heavy (non-hydrogen) atoms. The van der Waals surface area contributed by atoms with Crippen molar-refractivity contribution in [3.05, 3.63) is 46.1 Å². The van der Waals surface area contributed by atoms with E-state index in [9.17, 15) is 13.2 Å². The van der Waals surface area contributed by atoms with Crippen LogP contribution in [0.5, 0.6) is 0 Å². The molecule has 0 atom stereocenters. The molecule has 0 saturated carbocycles. The Kier molecular flexibility index (Phi) is 3.90. The zero-order chi connectivity index (χ0) is 12.0. The third kappa shape index (κ3) is 3.29. The second-order valence-corrected chi connectivity index (χ2v) is 2.78. The molecule has 1 aromatic heterocycles. The molecule has 0 aromatic carbocycles. The molecule has 0 saturated heterocycles. The summed E-state index contributed by atoms with van der Waals surface area (Å²) >= 11 is 0. The predicted octanol–water partition coefficient (Wildman–Crippen LogP) is 3.42. The monoisotopic (exact) mass is 228 g/mol. The maximum atomic E-state index is 12.5. The van der Waals surface area contributed by atoms with Gasteiger partial charge in [0.25, 0.3) is 0 Å². The fourth-order valence-electron chi connectivity index (χ4n) is 1.06. The normalized spacial score (nSPS) is 11.4. The number of azide groups is 1. The molecule has 84 valence electrons. The Bertz CT molecular complexity index is 433. The number of hydrogen-bond acceptors (Lipinski definition) is 2. The Labute approximate surface area is 89.1 Å². The van der Waals surface area contributed by atoms with E-state index in [0.29, 0.717) is 0 Å². The number of halogens is 3. The summed E-state index contributed by atoms with van der Waals surface area (Å²) in [6, 6.07) is 0.896. The van der Waals surface area contributed by atoms with E-state index in [1.807, 2.05) is 0 Å². The standard InChI is InChI=1S/C9H7F3N4/c10-9(11,12)8-3-5-14-6-7(8)2-1-4-15-16-13/h1-3,5-6H,4H2. The number of nitrogens with zero attached hydrogens (tertiary/aromatic N) is 4. The van der Waals surface area contributed by atoms with Gasteiger partial charge in [0.2, 0.25) is 0 Å². The minimum absolute atomic E-state index is 0.00267. The van der Waals surface area contributed by atoms with Gasteiger partial charge in [0, 0.05) is 29.4 Å². The van der Waals surface area contributed by atoms with Crippen LogP contribution in [0, 0.1) is 0 Å². The van der Waals surface area contributed by atoms with Gasteiger partial charge in [-0.1, -0.05) is 17.3 Å². The average molecular weight is 228 g/mol. The number of hydrogen-bond donors (Lipinski definition) is 0. The van der Waals surface area contributed by atoms with E-state index in [-0.39, 0.29) is 12.1 Å². The molecule has 1 heterocycles. The van der Waals surface area contributed by atoms with E-state index >= 15 is 0 Å². The Morgan fingerprint density at radius 1 is 1.50 bits per heavy atom. The molecule has 0 aliphatic carbocycles. The Balaban J connectivity index is 2.96. The molecule has 0 radical (unpaired) electrons. The molecular weight excluding hydrogens is 221 g/mol. The molecule has 0 amide bonds. The van der Waals surface area contributed by atoms with E-state index in [4.69, 9.17) is 5.53 Å². The van der Waals surface area contributed by atoms with Gasteiger partial charge in [-0.25, -0.2) is 0 Å². The van der Waals surface area contributed by atoms with Gasteiger partial charge in [0.1, 0.15) is 0 Å². The molecule has 7 heteroatoms. The highest BCUT2D eigenvalue weighted by Gasteiger charge is 2.32. The summed E-state index contributed by atoms with van der Waals surface area (Å²) in [5.74, 6) is 0. The second-order valence-electron chi connectivity index (χ2n) is 2.78. The number of alkyl halides is 3. The molecular formula is C9H7F3N4. The molecule has 0 spiro atoms. The lowest BCUT2D eigenvalue weighted by atomic mass is 10.1. The molecule has 0 fully saturated rings. The average Bonchev–Trinajstić information content (AvgIpc) is 2.24. The molecule has 0 N–H and O–H groups in total. The van der Waals surface area contributed by atoms with Crippen LogP contribution in [0.4, 0.5) is 13.2 Å². The Morgan fingerprint density at radius 3 is 2.88 bits per heavy atom. The SMILES string of the molecule is [N-]=[N+]=NCC=Cc1cnccc1C(F)(F)F. The highest BCUT2D eigenvalue weighted by atomic mass is 19.4. The van der Waals surface area contributed by atoms with Crippen LogP contribution in [0.3, 0.4) is 0 Å². The first-order chi connectivity index (χ1) is 7.55. The summed E-state index contributed by atoms with van der Waals surface area (Å²) in [5.41, 5.74) is 7.16. The van der Waals surface area contributed by atoms with Crippen molar-refractivity contribution in [1.82, 2.24) is 4.98 Å². The quantitative estimate of drug-likeness (QED) is 0.444. The van der Waals surface area contributed by atoms with Crippen LogP contribution in [0.15, 0.2) is 29.7 Å². The molecule has 1 rings (SSSR count). The molecule has 4 nitrogen and oxygen atoms in total. The zero-order valence-corrected chi connectivity index (χ0v) is 8.02. The van der Waals surface area contributed by atoms with Gasteiger partial charge in [-0.05, 0) is 11.6 Å². The summed E-state index contributed by atoms with van der Waals surface area (Å²) in [4.78, 5) is 6.08. The lowest BCUT2D eigenvalue weighted by Gasteiger charge is -2.08. The maximum absolute atomic E-state index is 12.5. The van der Waals surface area contributed by atoms with Gasteiger partial charge in [-0.2, -0.15) is 13.2 Å². The van der Waals surface area contributed by atoms with Crippen LogP contribution in [-0.2, 0) is 6.18 Å². The van der Waals surface area contributed by atoms with Crippen molar-refractivity contribution in [2.45, 2.75) is 6.18 Å². The summed E-state index contributed by atoms with van der Waals surface area (Å²) in [6.45, 7) is 0.00267. The minimum atomic E-state index is -4.42. The first kappa shape index (κ1) is 12.1. The summed E-state index contributed by atoms with van der Waals surface area (Å²) in [5, 5.41) is 3.17. The van der Waals surface area contributed by atoms with Crippen molar-refractivity contribution >= 4 is 6.08 Å². The maximum Gasteiger partial charge on any atom is 0.417 e. The van der Waals surface area contributed by atoms with Crippen molar-refractivity contribution in [3.63, 3.8) is 0 Å². The van der Waals surface area contributed by atoms with Crippen LogP contribution < -0.4 is 0 Å². The van der Waals surface area contributed by atoms with Gasteiger partial charge < -0.3 is 0 Å². The van der Waals surface area contributed by atoms with Gasteiger partial charge >= 0.3 is 6.18 Å². The van der Waals surface area contributed by atoms with Crippen molar-refractivity contribution in [2.24, 2.45) is 5.11 Å². The van der Waals surface area contributed by atoms with Crippen LogP contribution >= 0.6 is 0 Å². The Hall–Kier alpha value is -2.01. The lowest BCUT2D eigenvalue weighted by molar-refractivity contribution is -0.137. The first-order valence-corrected chi connectivity index (χ1v) is 4.24. The van der Waals surface area contributed by atoms with E-state index < -0.39 is 11.7 Å². The molecule has 0 aliphatic rings. The topological polar surface area (TPSA) is 61.7 Å². The Morgan fingerprint density at radius 2 is 2.25 bits per heavy atom.